The lowest BCUT2D eigenvalue weighted by Crippen LogP contribution is -2.37. The zero-order valence-electron chi connectivity index (χ0n) is 8.69. The topological polar surface area (TPSA) is 95.1 Å². The second-order valence-corrected chi connectivity index (χ2v) is 4.92. The zero-order chi connectivity index (χ0) is 11.5. The number of nitrogens with one attached hydrogen (secondary N) is 2. The van der Waals surface area contributed by atoms with E-state index in [1.807, 2.05) is 0 Å². The average Bonchev–Trinajstić information content (AvgIpc) is 2.62. The second kappa shape index (κ2) is 4.73. The molecule has 0 aliphatic carbocycles. The first-order chi connectivity index (χ1) is 6.99. The first-order valence-corrected chi connectivity index (χ1v) is 6.12. The summed E-state index contributed by atoms with van der Waals surface area (Å²) in [6.07, 6.45) is 1.78. The van der Waals surface area contributed by atoms with Crippen molar-refractivity contribution >= 4 is 10.0 Å². The number of H-pyrrole nitrogens is 1. The molecule has 0 spiro atoms. The van der Waals surface area contributed by atoms with E-state index in [1.165, 1.54) is 6.20 Å². The Morgan fingerprint density at radius 2 is 2.33 bits per heavy atom. The molecule has 0 saturated carbocycles. The molecule has 86 valence electrons. The number of imidazole rings is 1. The third-order valence-corrected chi connectivity index (χ3v) is 3.43. The maximum atomic E-state index is 11.7. The van der Waals surface area contributed by atoms with Gasteiger partial charge in [0.1, 0.15) is 5.82 Å². The summed E-state index contributed by atoms with van der Waals surface area (Å²) in [6.45, 7) is 3.24. The van der Waals surface area contributed by atoms with Gasteiger partial charge in [0.15, 0.2) is 5.03 Å². The normalized spacial score (nSPS) is 14.1. The van der Waals surface area contributed by atoms with Crippen LogP contribution in [-0.4, -0.2) is 36.1 Å². The molecule has 1 heterocycles. The van der Waals surface area contributed by atoms with Crippen LogP contribution < -0.4 is 4.72 Å². The molecule has 0 aromatic carbocycles. The van der Waals surface area contributed by atoms with Crippen LogP contribution >= 0.6 is 0 Å². The number of rotatable bonds is 5. The monoisotopic (exact) mass is 233 g/mol. The fraction of sp³-hybridized carbons (Fsp3) is 0.625. The number of aromatic amines is 1. The summed E-state index contributed by atoms with van der Waals surface area (Å²) in [7, 11) is -3.59. The first-order valence-electron chi connectivity index (χ1n) is 4.64. The zero-order valence-corrected chi connectivity index (χ0v) is 9.50. The molecule has 0 saturated heterocycles. The van der Waals surface area contributed by atoms with E-state index in [0.717, 1.165) is 0 Å². The Bertz CT molecular complexity index is 409. The van der Waals surface area contributed by atoms with Crippen molar-refractivity contribution in [3.8, 4) is 0 Å². The van der Waals surface area contributed by atoms with Crippen LogP contribution in [0.4, 0.5) is 0 Å². The number of hydrogen-bond donors (Lipinski definition) is 3. The van der Waals surface area contributed by atoms with Gasteiger partial charge < -0.3 is 10.1 Å². The van der Waals surface area contributed by atoms with E-state index < -0.39 is 16.1 Å². The number of aliphatic hydroxyl groups is 1. The predicted molar refractivity (Wildman–Crippen MR) is 54.8 cm³/mol. The number of nitrogens with zero attached hydrogens (tertiary/aromatic N) is 1. The fourth-order valence-corrected chi connectivity index (χ4v) is 2.35. The lowest BCUT2D eigenvalue weighted by atomic mass is 10.3. The van der Waals surface area contributed by atoms with Gasteiger partial charge in [-0.2, -0.15) is 0 Å². The largest absolute Gasteiger partial charge is 0.395 e. The van der Waals surface area contributed by atoms with E-state index in [0.29, 0.717) is 12.2 Å². The minimum Gasteiger partial charge on any atom is -0.395 e. The van der Waals surface area contributed by atoms with Gasteiger partial charge in [0.05, 0.1) is 12.8 Å². The summed E-state index contributed by atoms with van der Waals surface area (Å²) in [6, 6.07) is -0.460. The van der Waals surface area contributed by atoms with Gasteiger partial charge in [0, 0.05) is 6.04 Å². The van der Waals surface area contributed by atoms with Gasteiger partial charge in [-0.3, -0.25) is 0 Å². The van der Waals surface area contributed by atoms with Gasteiger partial charge in [0.2, 0.25) is 0 Å². The molecule has 6 nitrogen and oxygen atoms in total. The van der Waals surface area contributed by atoms with Crippen molar-refractivity contribution in [2.75, 3.05) is 6.61 Å². The third kappa shape index (κ3) is 3.01. The van der Waals surface area contributed by atoms with E-state index in [1.54, 1.807) is 13.8 Å². The lowest BCUT2D eigenvalue weighted by Gasteiger charge is -2.12. The average molecular weight is 233 g/mol. The summed E-state index contributed by atoms with van der Waals surface area (Å²) in [5.41, 5.74) is 0. The van der Waals surface area contributed by atoms with E-state index >= 15 is 0 Å². The van der Waals surface area contributed by atoms with Crippen molar-refractivity contribution in [3.63, 3.8) is 0 Å². The lowest BCUT2D eigenvalue weighted by molar-refractivity contribution is 0.253. The highest BCUT2D eigenvalue weighted by atomic mass is 32.2. The fourth-order valence-electron chi connectivity index (χ4n) is 1.07. The van der Waals surface area contributed by atoms with Gasteiger partial charge in [-0.25, -0.2) is 18.1 Å². The highest BCUT2D eigenvalue weighted by Gasteiger charge is 2.20. The van der Waals surface area contributed by atoms with Gasteiger partial charge in [-0.15, -0.1) is 0 Å². The van der Waals surface area contributed by atoms with Gasteiger partial charge in [0.25, 0.3) is 10.0 Å². The predicted octanol–water partition coefficient (Wildman–Crippen LogP) is -0.233. The molecule has 3 N–H and O–H groups in total. The Balaban J connectivity index is 2.84. The maximum Gasteiger partial charge on any atom is 0.257 e. The standard InChI is InChI=1S/C8H15N3O3S/c1-3-7(5-12)11-15(13,14)8-4-9-6(2)10-8/h4,7,11-12H,3,5H2,1-2H3,(H,9,10). The number of aryl methyl sites for hydroxylation is 1. The molecule has 0 bridgehead atoms. The van der Waals surface area contributed by atoms with Crippen LogP contribution in [0.15, 0.2) is 11.2 Å². The molecule has 1 aromatic heterocycles. The molecule has 1 aromatic rings. The maximum absolute atomic E-state index is 11.7. The minimum atomic E-state index is -3.59. The number of aromatic nitrogens is 2. The van der Waals surface area contributed by atoms with E-state index in [4.69, 9.17) is 5.11 Å². The van der Waals surface area contributed by atoms with Crippen LogP contribution in [0.25, 0.3) is 0 Å². The molecule has 1 unspecified atom stereocenters. The molecule has 0 aliphatic rings. The quantitative estimate of drug-likeness (QED) is 0.654. The Hall–Kier alpha value is -0.920. The number of hydrogen-bond acceptors (Lipinski definition) is 4. The van der Waals surface area contributed by atoms with Gasteiger partial charge in [-0.05, 0) is 13.3 Å². The second-order valence-electron chi connectivity index (χ2n) is 3.24. The summed E-state index contributed by atoms with van der Waals surface area (Å²) in [5.74, 6) is 0.535. The molecule has 1 atom stereocenters. The molecule has 15 heavy (non-hydrogen) atoms. The Morgan fingerprint density at radius 1 is 1.67 bits per heavy atom. The highest BCUT2D eigenvalue weighted by molar-refractivity contribution is 7.89. The van der Waals surface area contributed by atoms with Crippen LogP contribution in [0.1, 0.15) is 19.2 Å². The van der Waals surface area contributed by atoms with E-state index in [9.17, 15) is 8.42 Å². The van der Waals surface area contributed by atoms with Crippen LogP contribution in [0.3, 0.4) is 0 Å². The molecular weight excluding hydrogens is 218 g/mol. The molecule has 1 rings (SSSR count). The van der Waals surface area contributed by atoms with Crippen molar-refractivity contribution in [3.05, 3.63) is 12.0 Å². The Morgan fingerprint density at radius 3 is 2.73 bits per heavy atom. The SMILES string of the molecule is CCC(CO)NS(=O)(=O)c1cnc(C)[nH]1. The van der Waals surface area contributed by atoms with Crippen molar-refractivity contribution in [2.45, 2.75) is 31.3 Å². The smallest absolute Gasteiger partial charge is 0.257 e. The molecule has 7 heteroatoms. The Labute approximate surface area is 88.8 Å². The third-order valence-electron chi connectivity index (χ3n) is 2.00. The molecular formula is C8H15N3O3S. The first kappa shape index (κ1) is 12.2. The van der Waals surface area contributed by atoms with Crippen LogP contribution in [0, 0.1) is 6.92 Å². The molecule has 0 aliphatic heterocycles. The molecule has 0 radical (unpaired) electrons. The summed E-state index contributed by atoms with van der Waals surface area (Å²) >= 11 is 0. The molecule has 0 fully saturated rings. The summed E-state index contributed by atoms with van der Waals surface area (Å²) in [5, 5.41) is 8.91. The summed E-state index contributed by atoms with van der Waals surface area (Å²) in [4.78, 5) is 6.43. The summed E-state index contributed by atoms with van der Waals surface area (Å²) < 4.78 is 25.7. The highest BCUT2D eigenvalue weighted by Crippen LogP contribution is 2.06. The van der Waals surface area contributed by atoms with Crippen molar-refractivity contribution < 1.29 is 13.5 Å². The van der Waals surface area contributed by atoms with Gasteiger partial charge in [-0.1, -0.05) is 6.92 Å². The minimum absolute atomic E-state index is 0.0203. The van der Waals surface area contributed by atoms with E-state index in [-0.39, 0.29) is 11.6 Å². The van der Waals surface area contributed by atoms with Crippen LogP contribution in [0.2, 0.25) is 0 Å². The van der Waals surface area contributed by atoms with Gasteiger partial charge >= 0.3 is 0 Å². The van der Waals surface area contributed by atoms with Crippen LogP contribution in [0.5, 0.6) is 0 Å². The number of sulfonamides is 1. The number of aliphatic hydroxyl groups excluding tert-OH is 1. The Kier molecular flexibility index (Phi) is 3.83. The van der Waals surface area contributed by atoms with Crippen molar-refractivity contribution in [1.82, 2.24) is 14.7 Å². The molecule has 0 amide bonds. The van der Waals surface area contributed by atoms with E-state index in [2.05, 4.69) is 14.7 Å². The van der Waals surface area contributed by atoms with Crippen LogP contribution in [-0.2, 0) is 10.0 Å². The van der Waals surface area contributed by atoms with Crippen molar-refractivity contribution in [2.24, 2.45) is 0 Å². The van der Waals surface area contributed by atoms with Crippen molar-refractivity contribution in [1.29, 1.82) is 0 Å².